The smallest absolute Gasteiger partial charge is 0.403 e. The molecule has 2 aliphatic rings. The highest BCUT2D eigenvalue weighted by Gasteiger charge is 2.58. The van der Waals surface area contributed by atoms with Crippen molar-refractivity contribution in [2.45, 2.75) is 64.5 Å². The normalized spacial score (nSPS) is 38.8. The lowest BCUT2D eigenvalue weighted by atomic mass is 9.80. The summed E-state index contributed by atoms with van der Waals surface area (Å²) in [7, 11) is 0.0462. The van der Waals surface area contributed by atoms with Gasteiger partial charge >= 0.3 is 7.12 Å². The van der Waals surface area contributed by atoms with Crippen LogP contribution in [0.5, 0.6) is 0 Å². The highest BCUT2D eigenvalue weighted by atomic mass is 16.7. The Morgan fingerprint density at radius 3 is 2.00 bits per heavy atom. The van der Waals surface area contributed by atoms with Crippen molar-refractivity contribution in [3.05, 3.63) is 0 Å². The third kappa shape index (κ3) is 1.51. The van der Waals surface area contributed by atoms with Crippen LogP contribution in [0.25, 0.3) is 0 Å². The van der Waals surface area contributed by atoms with E-state index in [2.05, 4.69) is 34.6 Å². The van der Waals surface area contributed by atoms with Crippen LogP contribution in [0.1, 0.15) is 47.5 Å². The summed E-state index contributed by atoms with van der Waals surface area (Å²) in [6.07, 6.45) is 2.54. The van der Waals surface area contributed by atoms with Crippen molar-refractivity contribution < 1.29 is 9.31 Å². The number of rotatable bonds is 2. The summed E-state index contributed by atoms with van der Waals surface area (Å²) < 4.78 is 12.0. The molecular formula is C11H21BO2. The van der Waals surface area contributed by atoms with Crippen LogP contribution >= 0.6 is 0 Å². The molecule has 0 aromatic carbocycles. The van der Waals surface area contributed by atoms with E-state index >= 15 is 0 Å². The van der Waals surface area contributed by atoms with Gasteiger partial charge in [-0.25, -0.2) is 0 Å². The predicted molar refractivity (Wildman–Crippen MR) is 58.2 cm³/mol. The van der Waals surface area contributed by atoms with Crippen LogP contribution in [0.15, 0.2) is 0 Å². The summed E-state index contributed by atoms with van der Waals surface area (Å²) in [6.45, 7) is 10.7. The average Bonchev–Trinajstić information content (AvgIpc) is 2.75. The molecule has 2 nitrogen and oxygen atoms in total. The van der Waals surface area contributed by atoms with Crippen LogP contribution in [0.4, 0.5) is 0 Å². The molecule has 0 spiro atoms. The third-order valence-electron chi connectivity index (χ3n) is 4.12. The minimum Gasteiger partial charge on any atom is -0.403 e. The first kappa shape index (κ1) is 10.5. The van der Waals surface area contributed by atoms with Gasteiger partial charge in [-0.05, 0) is 45.9 Å². The Balaban J connectivity index is 2.01. The van der Waals surface area contributed by atoms with E-state index in [1.54, 1.807) is 0 Å². The monoisotopic (exact) mass is 196 g/mol. The molecule has 80 valence electrons. The van der Waals surface area contributed by atoms with Gasteiger partial charge in [0.25, 0.3) is 0 Å². The molecule has 1 aliphatic carbocycles. The summed E-state index contributed by atoms with van der Waals surface area (Å²) in [5.74, 6) is 1.49. The first-order valence-corrected chi connectivity index (χ1v) is 5.73. The molecule has 2 rings (SSSR count). The largest absolute Gasteiger partial charge is 0.461 e. The van der Waals surface area contributed by atoms with Gasteiger partial charge in [-0.2, -0.15) is 0 Å². The lowest BCUT2D eigenvalue weighted by molar-refractivity contribution is 0.00578. The second kappa shape index (κ2) is 2.99. The zero-order valence-corrected chi connectivity index (χ0v) is 9.96. The van der Waals surface area contributed by atoms with Crippen LogP contribution in [-0.2, 0) is 9.31 Å². The zero-order chi connectivity index (χ0) is 10.6. The highest BCUT2D eigenvalue weighted by Crippen LogP contribution is 2.54. The maximum Gasteiger partial charge on any atom is 0.461 e. The lowest BCUT2D eigenvalue weighted by Crippen LogP contribution is -2.41. The molecule has 0 aromatic rings. The van der Waals surface area contributed by atoms with Crippen molar-refractivity contribution in [3.8, 4) is 0 Å². The van der Waals surface area contributed by atoms with Crippen molar-refractivity contribution >= 4 is 7.12 Å². The second-order valence-corrected chi connectivity index (χ2v) is 5.69. The second-order valence-electron chi connectivity index (χ2n) is 5.69. The summed E-state index contributed by atoms with van der Waals surface area (Å²) >= 11 is 0. The summed E-state index contributed by atoms with van der Waals surface area (Å²) in [6, 6.07) is 0. The molecule has 1 saturated carbocycles. The maximum absolute atomic E-state index is 6.00. The molecule has 3 heteroatoms. The van der Waals surface area contributed by atoms with Crippen molar-refractivity contribution in [2.24, 2.45) is 5.92 Å². The van der Waals surface area contributed by atoms with Gasteiger partial charge < -0.3 is 9.31 Å². The Kier molecular flexibility index (Phi) is 2.24. The van der Waals surface area contributed by atoms with E-state index in [-0.39, 0.29) is 18.3 Å². The highest BCUT2D eigenvalue weighted by molar-refractivity contribution is 6.48. The number of hydrogen-bond acceptors (Lipinski definition) is 2. The minimum absolute atomic E-state index is 0.0462. The van der Waals surface area contributed by atoms with Crippen molar-refractivity contribution in [1.82, 2.24) is 0 Å². The van der Waals surface area contributed by atoms with Crippen LogP contribution in [0.2, 0.25) is 5.82 Å². The molecule has 1 heterocycles. The van der Waals surface area contributed by atoms with Crippen LogP contribution in [0, 0.1) is 5.92 Å². The summed E-state index contributed by atoms with van der Waals surface area (Å²) in [4.78, 5) is 0. The van der Waals surface area contributed by atoms with E-state index in [9.17, 15) is 0 Å². The van der Waals surface area contributed by atoms with Crippen LogP contribution in [0.3, 0.4) is 0 Å². The van der Waals surface area contributed by atoms with Crippen LogP contribution in [-0.4, -0.2) is 18.3 Å². The standard InChI is InChI=1S/C11H21BO2/c1-6-8-7-9(8)12-13-10(2,3)11(4,5)14-12/h8-9H,6-7H2,1-5H3/t8-,9?/m0/s1. The third-order valence-corrected chi connectivity index (χ3v) is 4.12. The molecule has 0 amide bonds. The predicted octanol–water partition coefficient (Wildman–Crippen LogP) is 2.88. The van der Waals surface area contributed by atoms with E-state index in [4.69, 9.17) is 9.31 Å². The van der Waals surface area contributed by atoms with Crippen molar-refractivity contribution in [2.75, 3.05) is 0 Å². The molecule has 1 unspecified atom stereocenters. The van der Waals surface area contributed by atoms with E-state index in [0.29, 0.717) is 5.82 Å². The van der Waals surface area contributed by atoms with Crippen molar-refractivity contribution in [1.29, 1.82) is 0 Å². The average molecular weight is 196 g/mol. The van der Waals surface area contributed by atoms with E-state index in [0.717, 1.165) is 5.92 Å². The van der Waals surface area contributed by atoms with Crippen molar-refractivity contribution in [3.63, 3.8) is 0 Å². The minimum atomic E-state index is -0.154. The molecule has 0 aromatic heterocycles. The fraction of sp³-hybridized carbons (Fsp3) is 1.00. The SMILES string of the molecule is CC[C@H]1CC1B1OC(C)(C)C(C)(C)O1. The van der Waals surface area contributed by atoms with Gasteiger partial charge in [0.1, 0.15) is 0 Å². The molecule has 1 aliphatic heterocycles. The molecule has 0 bridgehead atoms. The Hall–Kier alpha value is -0.0151. The Labute approximate surface area is 87.5 Å². The summed E-state index contributed by atoms with van der Waals surface area (Å²) in [5, 5.41) is 0. The molecule has 1 saturated heterocycles. The van der Waals surface area contributed by atoms with Crippen LogP contribution < -0.4 is 0 Å². The van der Waals surface area contributed by atoms with Gasteiger partial charge in [0.05, 0.1) is 11.2 Å². The fourth-order valence-corrected chi connectivity index (χ4v) is 2.14. The Bertz CT molecular complexity index is 221. The van der Waals surface area contributed by atoms with E-state index in [1.807, 2.05) is 0 Å². The molecular weight excluding hydrogens is 175 g/mol. The summed E-state index contributed by atoms with van der Waals surface area (Å²) in [5.41, 5.74) is -0.308. The van der Waals surface area contributed by atoms with E-state index in [1.165, 1.54) is 12.8 Å². The maximum atomic E-state index is 6.00. The fourth-order valence-electron chi connectivity index (χ4n) is 2.14. The van der Waals surface area contributed by atoms with Gasteiger partial charge in [-0.15, -0.1) is 0 Å². The molecule has 0 N–H and O–H groups in total. The quantitative estimate of drug-likeness (QED) is 0.632. The van der Waals surface area contributed by atoms with Gasteiger partial charge in [0, 0.05) is 0 Å². The van der Waals surface area contributed by atoms with Gasteiger partial charge in [0.15, 0.2) is 0 Å². The Morgan fingerprint density at radius 2 is 1.64 bits per heavy atom. The molecule has 2 fully saturated rings. The first-order valence-electron chi connectivity index (χ1n) is 5.73. The van der Waals surface area contributed by atoms with Gasteiger partial charge in [-0.1, -0.05) is 13.3 Å². The number of hydrogen-bond donors (Lipinski definition) is 0. The lowest BCUT2D eigenvalue weighted by Gasteiger charge is -2.32. The Morgan fingerprint density at radius 1 is 1.14 bits per heavy atom. The van der Waals surface area contributed by atoms with E-state index < -0.39 is 0 Å². The van der Waals surface area contributed by atoms with Gasteiger partial charge in [-0.3, -0.25) is 0 Å². The molecule has 14 heavy (non-hydrogen) atoms. The molecule has 2 atom stereocenters. The topological polar surface area (TPSA) is 18.5 Å². The zero-order valence-electron chi connectivity index (χ0n) is 9.96. The molecule has 0 radical (unpaired) electrons. The first-order chi connectivity index (χ1) is 6.37. The van der Waals surface area contributed by atoms with Gasteiger partial charge in [0.2, 0.25) is 0 Å².